The van der Waals surface area contributed by atoms with Crippen LogP contribution in [0.25, 0.3) is 0 Å². The lowest BCUT2D eigenvalue weighted by molar-refractivity contribution is -0.125. The van der Waals surface area contributed by atoms with E-state index in [9.17, 15) is 14.4 Å². The summed E-state index contributed by atoms with van der Waals surface area (Å²) in [6, 6.07) is 10.00. The zero-order chi connectivity index (χ0) is 22.5. The van der Waals surface area contributed by atoms with E-state index in [-0.39, 0.29) is 11.7 Å². The molecule has 12 heteroatoms. The Morgan fingerprint density at radius 2 is 1.77 bits per heavy atom. The molecule has 3 unspecified atom stereocenters. The summed E-state index contributed by atoms with van der Waals surface area (Å²) < 4.78 is 0. The van der Waals surface area contributed by atoms with Gasteiger partial charge in [0, 0.05) is 16.3 Å². The smallest absolute Gasteiger partial charge is 0.252 e. The van der Waals surface area contributed by atoms with Crippen molar-refractivity contribution in [3.8, 4) is 0 Å². The van der Waals surface area contributed by atoms with Crippen molar-refractivity contribution in [2.24, 2.45) is 5.73 Å². The minimum absolute atomic E-state index is 0.0344. The average molecular weight is 503 g/mol. The van der Waals surface area contributed by atoms with Crippen molar-refractivity contribution < 1.29 is 14.4 Å². The van der Waals surface area contributed by atoms with Crippen LogP contribution in [0.3, 0.4) is 0 Å². The Balaban J connectivity index is 1.49. The Hall–Kier alpha value is -2.01. The quantitative estimate of drug-likeness (QED) is 0.413. The fraction of sp³-hybridized carbons (Fsp3) is 0.211. The fourth-order valence-electron chi connectivity index (χ4n) is 2.70. The Kier molecular flexibility index (Phi) is 8.04. The minimum Gasteiger partial charge on any atom is -0.338 e. The lowest BCUT2D eigenvalue weighted by atomic mass is 10.1. The number of benzene rings is 2. The molecule has 3 rings (SSSR count). The van der Waals surface area contributed by atoms with E-state index in [1.807, 2.05) is 0 Å². The Morgan fingerprint density at radius 3 is 2.42 bits per heavy atom. The van der Waals surface area contributed by atoms with Crippen LogP contribution >= 0.6 is 46.6 Å². The molecule has 3 atom stereocenters. The zero-order valence-electron chi connectivity index (χ0n) is 15.8. The SMILES string of the molecule is NC1NC(SCC(=O)Nc2ccc(Cl)c(Cl)c2)NC(=O)C1NC(=O)c1ccc(Cl)cc1. The Morgan fingerprint density at radius 1 is 1.06 bits per heavy atom. The van der Waals surface area contributed by atoms with Gasteiger partial charge in [-0.1, -0.05) is 34.8 Å². The van der Waals surface area contributed by atoms with Gasteiger partial charge in [-0.3, -0.25) is 19.7 Å². The van der Waals surface area contributed by atoms with Gasteiger partial charge in [-0.05, 0) is 42.5 Å². The largest absolute Gasteiger partial charge is 0.338 e. The van der Waals surface area contributed by atoms with E-state index in [0.29, 0.717) is 26.3 Å². The molecule has 31 heavy (non-hydrogen) atoms. The summed E-state index contributed by atoms with van der Waals surface area (Å²) in [5, 5.41) is 12.1. The van der Waals surface area contributed by atoms with Crippen LogP contribution < -0.4 is 27.0 Å². The van der Waals surface area contributed by atoms with Crippen molar-refractivity contribution in [1.29, 1.82) is 0 Å². The number of carbonyl (C=O) groups excluding carboxylic acids is 3. The van der Waals surface area contributed by atoms with Crippen LogP contribution in [0.15, 0.2) is 42.5 Å². The topological polar surface area (TPSA) is 125 Å². The summed E-state index contributed by atoms with van der Waals surface area (Å²) in [5.74, 6) is -1.18. The van der Waals surface area contributed by atoms with Gasteiger partial charge in [-0.2, -0.15) is 0 Å². The summed E-state index contributed by atoms with van der Waals surface area (Å²) in [4.78, 5) is 36.9. The number of halogens is 3. The predicted octanol–water partition coefficient (Wildman–Crippen LogP) is 2.40. The number of hydrogen-bond acceptors (Lipinski definition) is 6. The highest BCUT2D eigenvalue weighted by Gasteiger charge is 2.35. The molecule has 0 bridgehead atoms. The maximum absolute atomic E-state index is 12.4. The molecular formula is C19H18Cl3N5O3S. The summed E-state index contributed by atoms with van der Waals surface area (Å²) in [7, 11) is 0. The average Bonchev–Trinajstić information content (AvgIpc) is 2.72. The second-order valence-corrected chi connectivity index (χ2v) is 8.87. The van der Waals surface area contributed by atoms with Gasteiger partial charge in [0.15, 0.2) is 0 Å². The van der Waals surface area contributed by atoms with Crippen LogP contribution in [0.2, 0.25) is 15.1 Å². The molecule has 0 aliphatic carbocycles. The molecule has 2 aromatic rings. The summed E-state index contributed by atoms with van der Waals surface area (Å²) >= 11 is 18.7. The number of thioether (sulfide) groups is 1. The first kappa shape index (κ1) is 23.6. The molecule has 1 aliphatic rings. The van der Waals surface area contributed by atoms with Crippen molar-refractivity contribution in [1.82, 2.24) is 16.0 Å². The maximum atomic E-state index is 12.4. The second kappa shape index (κ2) is 10.5. The molecule has 1 fully saturated rings. The highest BCUT2D eigenvalue weighted by molar-refractivity contribution is 8.00. The molecule has 3 amide bonds. The standard InChI is InChI=1S/C19H18Cl3N5O3S/c20-10-3-1-9(2-4-10)17(29)25-15-16(23)26-19(27-18(15)30)31-8-14(28)24-11-5-6-12(21)13(22)7-11/h1-7,15-16,19,26H,8,23H2,(H,24,28)(H,25,29)(H,27,30). The minimum atomic E-state index is -0.981. The number of nitrogens with two attached hydrogens (primary N) is 1. The molecule has 1 aliphatic heterocycles. The molecule has 1 saturated heterocycles. The monoisotopic (exact) mass is 501 g/mol. The third-order valence-electron chi connectivity index (χ3n) is 4.24. The number of hydrogen-bond donors (Lipinski definition) is 5. The van der Waals surface area contributed by atoms with Crippen LogP contribution in [-0.4, -0.2) is 41.2 Å². The molecule has 0 spiro atoms. The van der Waals surface area contributed by atoms with Crippen LogP contribution in [0.5, 0.6) is 0 Å². The van der Waals surface area contributed by atoms with Gasteiger partial charge < -0.3 is 21.7 Å². The molecule has 2 aromatic carbocycles. The predicted molar refractivity (Wildman–Crippen MR) is 123 cm³/mol. The molecule has 8 nitrogen and oxygen atoms in total. The zero-order valence-corrected chi connectivity index (χ0v) is 18.9. The normalized spacial score (nSPS) is 20.6. The Bertz CT molecular complexity index is 992. The first-order valence-electron chi connectivity index (χ1n) is 8.98. The lowest BCUT2D eigenvalue weighted by Crippen LogP contribution is -2.70. The van der Waals surface area contributed by atoms with Gasteiger partial charge in [0.2, 0.25) is 11.8 Å². The van der Waals surface area contributed by atoms with Crippen molar-refractivity contribution in [3.05, 3.63) is 63.1 Å². The molecule has 164 valence electrons. The molecule has 0 radical (unpaired) electrons. The van der Waals surface area contributed by atoms with Crippen molar-refractivity contribution in [3.63, 3.8) is 0 Å². The summed E-state index contributed by atoms with van der Waals surface area (Å²) in [6.45, 7) is 0. The van der Waals surface area contributed by atoms with E-state index in [1.165, 1.54) is 6.07 Å². The summed E-state index contributed by atoms with van der Waals surface area (Å²) in [5.41, 5.74) is 6.27. The third-order valence-corrected chi connectivity index (χ3v) is 6.24. The fourth-order valence-corrected chi connectivity index (χ4v) is 3.96. The number of nitrogens with one attached hydrogen (secondary N) is 4. The number of anilines is 1. The van der Waals surface area contributed by atoms with Crippen molar-refractivity contribution in [2.75, 3.05) is 11.1 Å². The molecule has 1 heterocycles. The number of amides is 3. The third kappa shape index (κ3) is 6.49. The van der Waals surface area contributed by atoms with Gasteiger partial charge in [0.05, 0.1) is 22.0 Å². The van der Waals surface area contributed by atoms with E-state index in [4.69, 9.17) is 40.5 Å². The first-order valence-corrected chi connectivity index (χ1v) is 11.2. The van der Waals surface area contributed by atoms with Gasteiger partial charge >= 0.3 is 0 Å². The lowest BCUT2D eigenvalue weighted by Gasteiger charge is -2.35. The molecule has 0 aromatic heterocycles. The Labute approximate surface area is 197 Å². The van der Waals surface area contributed by atoms with Crippen LogP contribution in [0.4, 0.5) is 5.69 Å². The van der Waals surface area contributed by atoms with Crippen molar-refractivity contribution >= 4 is 70.0 Å². The maximum Gasteiger partial charge on any atom is 0.252 e. The van der Waals surface area contributed by atoms with E-state index >= 15 is 0 Å². The number of carbonyl (C=O) groups is 3. The van der Waals surface area contributed by atoms with Crippen LogP contribution in [0.1, 0.15) is 10.4 Å². The highest BCUT2D eigenvalue weighted by Crippen LogP contribution is 2.25. The van der Waals surface area contributed by atoms with Crippen molar-refractivity contribution in [2.45, 2.75) is 17.7 Å². The van der Waals surface area contributed by atoms with Crippen LogP contribution in [-0.2, 0) is 9.59 Å². The molecule has 0 saturated carbocycles. The molecule has 6 N–H and O–H groups in total. The van der Waals surface area contributed by atoms with E-state index < -0.39 is 29.5 Å². The van der Waals surface area contributed by atoms with Gasteiger partial charge in [-0.15, -0.1) is 11.8 Å². The van der Waals surface area contributed by atoms with Gasteiger partial charge in [0.1, 0.15) is 11.5 Å². The van der Waals surface area contributed by atoms with E-state index in [2.05, 4.69) is 21.3 Å². The van der Waals surface area contributed by atoms with Gasteiger partial charge in [-0.25, -0.2) is 0 Å². The second-order valence-electron chi connectivity index (χ2n) is 6.53. The van der Waals surface area contributed by atoms with E-state index in [1.54, 1.807) is 36.4 Å². The number of rotatable bonds is 6. The first-order chi connectivity index (χ1) is 14.7. The van der Waals surface area contributed by atoms with Gasteiger partial charge in [0.25, 0.3) is 5.91 Å². The summed E-state index contributed by atoms with van der Waals surface area (Å²) in [6.07, 6.45) is -0.847. The molecular weight excluding hydrogens is 485 g/mol. The van der Waals surface area contributed by atoms with Crippen LogP contribution in [0, 0.1) is 0 Å². The van der Waals surface area contributed by atoms with E-state index in [0.717, 1.165) is 11.8 Å². The highest BCUT2D eigenvalue weighted by atomic mass is 35.5.